The zero-order valence-corrected chi connectivity index (χ0v) is 13.1. The first-order valence-corrected chi connectivity index (χ1v) is 7.72. The van der Waals surface area contributed by atoms with E-state index in [0.717, 1.165) is 0 Å². The lowest BCUT2D eigenvalue weighted by atomic mass is 10.2. The summed E-state index contributed by atoms with van der Waals surface area (Å²) in [5.41, 5.74) is 3.09. The van der Waals surface area contributed by atoms with Crippen LogP contribution in [0.4, 0.5) is 10.1 Å². The van der Waals surface area contributed by atoms with Crippen molar-refractivity contribution < 1.29 is 13.6 Å². The van der Waals surface area contributed by atoms with Gasteiger partial charge in [-0.15, -0.1) is 0 Å². The van der Waals surface area contributed by atoms with E-state index in [1.165, 1.54) is 12.1 Å². The number of hydrogen-bond acceptors (Lipinski definition) is 3. The molecule has 0 aliphatic heterocycles. The molecule has 5 heteroatoms. The fraction of sp³-hybridized carbons (Fsp3) is 0. The molecule has 25 heavy (non-hydrogen) atoms. The molecular formula is C20H13FN2O2. The molecule has 1 aromatic heterocycles. The van der Waals surface area contributed by atoms with E-state index in [0.29, 0.717) is 33.8 Å². The Bertz CT molecular complexity index is 1040. The van der Waals surface area contributed by atoms with E-state index < -0.39 is 0 Å². The van der Waals surface area contributed by atoms with E-state index in [4.69, 9.17) is 4.42 Å². The zero-order valence-electron chi connectivity index (χ0n) is 13.1. The van der Waals surface area contributed by atoms with Crippen molar-refractivity contribution >= 4 is 22.7 Å². The first-order chi connectivity index (χ1) is 12.2. The maximum atomic E-state index is 13.0. The van der Waals surface area contributed by atoms with Gasteiger partial charge in [0.1, 0.15) is 11.3 Å². The van der Waals surface area contributed by atoms with E-state index in [9.17, 15) is 9.18 Å². The number of fused-ring (bicyclic) bond motifs is 1. The lowest BCUT2D eigenvalue weighted by Crippen LogP contribution is -2.11. The summed E-state index contributed by atoms with van der Waals surface area (Å²) in [7, 11) is 0. The monoisotopic (exact) mass is 332 g/mol. The normalized spacial score (nSPS) is 10.8. The molecule has 3 aromatic carbocycles. The van der Waals surface area contributed by atoms with Gasteiger partial charge >= 0.3 is 0 Å². The van der Waals surface area contributed by atoms with Gasteiger partial charge in [-0.3, -0.25) is 4.79 Å². The van der Waals surface area contributed by atoms with Crippen LogP contribution in [0.3, 0.4) is 0 Å². The number of aromatic nitrogens is 1. The predicted molar refractivity (Wildman–Crippen MR) is 93.8 cm³/mol. The minimum Gasteiger partial charge on any atom is -0.436 e. The van der Waals surface area contributed by atoms with Gasteiger partial charge in [0.2, 0.25) is 5.89 Å². The van der Waals surface area contributed by atoms with Gasteiger partial charge in [-0.2, -0.15) is 0 Å². The van der Waals surface area contributed by atoms with Gasteiger partial charge in [0.25, 0.3) is 5.91 Å². The summed E-state index contributed by atoms with van der Waals surface area (Å²) in [6.45, 7) is 0. The molecule has 0 aliphatic rings. The van der Waals surface area contributed by atoms with Gasteiger partial charge < -0.3 is 9.73 Å². The molecular weight excluding hydrogens is 319 g/mol. The van der Waals surface area contributed by atoms with Crippen LogP contribution in [0.25, 0.3) is 22.6 Å². The van der Waals surface area contributed by atoms with Crippen molar-refractivity contribution in [2.24, 2.45) is 0 Å². The molecule has 0 atom stereocenters. The molecule has 0 unspecified atom stereocenters. The van der Waals surface area contributed by atoms with Gasteiger partial charge in [-0.05, 0) is 48.5 Å². The largest absolute Gasteiger partial charge is 0.436 e. The van der Waals surface area contributed by atoms with E-state index in [-0.39, 0.29) is 11.7 Å². The molecule has 0 bridgehead atoms. The van der Waals surface area contributed by atoms with Gasteiger partial charge in [-0.25, -0.2) is 9.37 Å². The van der Waals surface area contributed by atoms with Gasteiger partial charge in [0.15, 0.2) is 5.58 Å². The van der Waals surface area contributed by atoms with E-state index in [1.807, 2.05) is 18.2 Å². The van der Waals surface area contributed by atoms with Crippen molar-refractivity contribution in [2.45, 2.75) is 0 Å². The number of nitrogens with one attached hydrogen (secondary N) is 1. The molecule has 0 aliphatic carbocycles. The third-order valence-electron chi connectivity index (χ3n) is 3.77. The number of oxazole rings is 1. The number of hydrogen-bond donors (Lipinski definition) is 1. The Morgan fingerprint density at radius 2 is 1.72 bits per heavy atom. The second kappa shape index (κ2) is 6.20. The molecule has 4 nitrogen and oxygen atoms in total. The van der Waals surface area contributed by atoms with E-state index in [1.54, 1.807) is 42.5 Å². The van der Waals surface area contributed by atoms with Crippen LogP contribution in [0.5, 0.6) is 0 Å². The number of amides is 1. The predicted octanol–water partition coefficient (Wildman–Crippen LogP) is 4.89. The third kappa shape index (κ3) is 3.12. The summed E-state index contributed by atoms with van der Waals surface area (Å²) >= 11 is 0. The second-order valence-electron chi connectivity index (χ2n) is 5.53. The zero-order chi connectivity index (χ0) is 17.2. The van der Waals surface area contributed by atoms with E-state index in [2.05, 4.69) is 10.3 Å². The van der Waals surface area contributed by atoms with E-state index >= 15 is 0 Å². The molecule has 0 radical (unpaired) electrons. The summed E-state index contributed by atoms with van der Waals surface area (Å²) in [6, 6.07) is 20.1. The van der Waals surface area contributed by atoms with Crippen LogP contribution in [-0.4, -0.2) is 10.9 Å². The van der Waals surface area contributed by atoms with Crippen LogP contribution < -0.4 is 5.32 Å². The van der Waals surface area contributed by atoms with Crippen molar-refractivity contribution in [3.8, 4) is 11.5 Å². The van der Waals surface area contributed by atoms with Crippen molar-refractivity contribution in [1.82, 2.24) is 4.98 Å². The maximum Gasteiger partial charge on any atom is 0.255 e. The highest BCUT2D eigenvalue weighted by Crippen LogP contribution is 2.26. The summed E-state index contributed by atoms with van der Waals surface area (Å²) in [5.74, 6) is -0.106. The number of carbonyl (C=O) groups is 1. The van der Waals surface area contributed by atoms with Gasteiger partial charge in [0.05, 0.1) is 0 Å². The topological polar surface area (TPSA) is 55.1 Å². The molecule has 1 heterocycles. The first kappa shape index (κ1) is 15.1. The Balaban J connectivity index is 1.62. The fourth-order valence-electron chi connectivity index (χ4n) is 2.51. The van der Waals surface area contributed by atoms with Crippen molar-refractivity contribution in [2.75, 3.05) is 5.32 Å². The Morgan fingerprint density at radius 1 is 0.960 bits per heavy atom. The average Bonchev–Trinajstić information content (AvgIpc) is 3.06. The number of rotatable bonds is 3. The Morgan fingerprint density at radius 3 is 2.48 bits per heavy atom. The number of carbonyl (C=O) groups excluding carboxylic acids is 1. The fourth-order valence-corrected chi connectivity index (χ4v) is 2.51. The molecule has 0 saturated heterocycles. The minimum atomic E-state index is -0.314. The first-order valence-electron chi connectivity index (χ1n) is 7.72. The highest BCUT2D eigenvalue weighted by Gasteiger charge is 2.11. The lowest BCUT2D eigenvalue weighted by molar-refractivity contribution is 0.102. The number of anilines is 1. The minimum absolute atomic E-state index is 0.196. The van der Waals surface area contributed by atoms with Crippen LogP contribution in [0.2, 0.25) is 0 Å². The van der Waals surface area contributed by atoms with Crippen molar-refractivity contribution in [1.29, 1.82) is 0 Å². The Kier molecular flexibility index (Phi) is 3.74. The molecule has 0 saturated carbocycles. The molecule has 0 spiro atoms. The Labute approximate surface area is 142 Å². The molecule has 4 rings (SSSR count). The maximum absolute atomic E-state index is 13.0. The van der Waals surface area contributed by atoms with Gasteiger partial charge in [-0.1, -0.05) is 18.2 Å². The third-order valence-corrected chi connectivity index (χ3v) is 3.77. The molecule has 4 aromatic rings. The van der Waals surface area contributed by atoms with Crippen LogP contribution in [0.15, 0.2) is 77.2 Å². The lowest BCUT2D eigenvalue weighted by Gasteiger charge is -2.04. The molecule has 1 N–H and O–H groups in total. The second-order valence-corrected chi connectivity index (χ2v) is 5.53. The average molecular weight is 332 g/mol. The smallest absolute Gasteiger partial charge is 0.255 e. The summed E-state index contributed by atoms with van der Waals surface area (Å²) in [6.07, 6.45) is 0. The highest BCUT2D eigenvalue weighted by molar-refractivity contribution is 6.04. The summed E-state index contributed by atoms with van der Waals surface area (Å²) in [5, 5.41) is 2.83. The van der Waals surface area contributed by atoms with Crippen LogP contribution >= 0.6 is 0 Å². The molecule has 122 valence electrons. The van der Waals surface area contributed by atoms with Crippen molar-refractivity contribution in [3.63, 3.8) is 0 Å². The Hall–Kier alpha value is -3.47. The number of nitrogens with zero attached hydrogens (tertiary/aromatic N) is 1. The standard InChI is InChI=1S/C20H13FN2O2/c21-15-8-6-14(7-9-15)20-23-17-11-10-16(12-18(17)25-20)22-19(24)13-4-2-1-3-5-13/h1-12H,(H,22,24). The number of halogens is 1. The number of benzene rings is 3. The quantitative estimate of drug-likeness (QED) is 0.581. The van der Waals surface area contributed by atoms with Crippen LogP contribution in [0.1, 0.15) is 10.4 Å². The summed E-state index contributed by atoms with van der Waals surface area (Å²) < 4.78 is 18.8. The molecule has 0 fully saturated rings. The highest BCUT2D eigenvalue weighted by atomic mass is 19.1. The van der Waals surface area contributed by atoms with Crippen LogP contribution in [0, 0.1) is 5.82 Å². The molecule has 1 amide bonds. The van der Waals surface area contributed by atoms with Gasteiger partial charge in [0, 0.05) is 22.9 Å². The van der Waals surface area contributed by atoms with Crippen molar-refractivity contribution in [3.05, 3.63) is 84.2 Å². The SMILES string of the molecule is O=C(Nc1ccc2nc(-c3ccc(F)cc3)oc2c1)c1ccccc1. The summed E-state index contributed by atoms with van der Waals surface area (Å²) in [4.78, 5) is 16.6. The van der Waals surface area contributed by atoms with Crippen LogP contribution in [-0.2, 0) is 0 Å².